The van der Waals surface area contributed by atoms with Gasteiger partial charge < -0.3 is 20.7 Å². The third-order valence-corrected chi connectivity index (χ3v) is 5.17. The molecule has 5 nitrogen and oxygen atoms in total. The lowest BCUT2D eigenvalue weighted by atomic mass is 10.0. The van der Waals surface area contributed by atoms with Crippen molar-refractivity contribution < 1.29 is 9.90 Å². The van der Waals surface area contributed by atoms with Crippen molar-refractivity contribution in [3.63, 3.8) is 0 Å². The number of amides is 1. The average Bonchev–Trinajstić information content (AvgIpc) is 3.24. The molecule has 4 rings (SSSR count). The van der Waals surface area contributed by atoms with Gasteiger partial charge in [-0.2, -0.15) is 0 Å². The summed E-state index contributed by atoms with van der Waals surface area (Å²) >= 11 is 6.24. The smallest absolute Gasteiger partial charge is 0.252 e. The molecule has 1 aliphatic rings. The number of carbonyl (C=O) groups is 1. The van der Waals surface area contributed by atoms with E-state index in [9.17, 15) is 4.79 Å². The summed E-state index contributed by atoms with van der Waals surface area (Å²) in [7, 11) is 0. The molecule has 26 heavy (non-hydrogen) atoms. The van der Waals surface area contributed by atoms with Crippen molar-refractivity contribution in [1.29, 1.82) is 0 Å². The molecule has 0 spiro atoms. The summed E-state index contributed by atoms with van der Waals surface area (Å²) in [5.41, 5.74) is 5.44. The number of aliphatic hydroxyl groups excluding tert-OH is 1. The molecule has 134 valence electrons. The summed E-state index contributed by atoms with van der Waals surface area (Å²) in [5, 5.41) is 16.9. The number of carbonyl (C=O) groups excluding carboxylic acids is 1. The van der Waals surface area contributed by atoms with Crippen LogP contribution in [0, 0.1) is 0 Å². The second-order valence-electron chi connectivity index (χ2n) is 6.70. The number of aromatic nitrogens is 1. The summed E-state index contributed by atoms with van der Waals surface area (Å²) in [5.74, 6) is -0.0842. The van der Waals surface area contributed by atoms with Gasteiger partial charge in [0.15, 0.2) is 0 Å². The van der Waals surface area contributed by atoms with Gasteiger partial charge in [-0.05, 0) is 36.8 Å². The van der Waals surface area contributed by atoms with Crippen molar-refractivity contribution in [2.24, 2.45) is 0 Å². The van der Waals surface area contributed by atoms with E-state index in [0.717, 1.165) is 33.3 Å². The van der Waals surface area contributed by atoms with Gasteiger partial charge in [0.1, 0.15) is 0 Å². The average molecular weight is 370 g/mol. The van der Waals surface area contributed by atoms with Gasteiger partial charge in [-0.15, -0.1) is 0 Å². The van der Waals surface area contributed by atoms with Crippen LogP contribution in [0.25, 0.3) is 22.2 Å². The molecule has 1 aliphatic heterocycles. The molecule has 1 atom stereocenters. The van der Waals surface area contributed by atoms with E-state index in [1.165, 1.54) is 0 Å². The Morgan fingerprint density at radius 1 is 1.27 bits per heavy atom. The summed E-state index contributed by atoms with van der Waals surface area (Å²) in [4.78, 5) is 15.6. The van der Waals surface area contributed by atoms with E-state index in [1.807, 2.05) is 25.1 Å². The molecule has 0 radical (unpaired) electrons. The topological polar surface area (TPSA) is 77.2 Å². The minimum Gasteiger partial charge on any atom is -0.395 e. The number of hydrogen-bond donors (Lipinski definition) is 4. The molecule has 6 heteroatoms. The number of aromatic amines is 1. The van der Waals surface area contributed by atoms with Gasteiger partial charge in [-0.1, -0.05) is 23.7 Å². The zero-order valence-corrected chi connectivity index (χ0v) is 15.2. The molecule has 1 aromatic heterocycles. The van der Waals surface area contributed by atoms with Gasteiger partial charge in [0.25, 0.3) is 5.91 Å². The maximum absolute atomic E-state index is 12.2. The Bertz CT molecular complexity index is 996. The molecule has 0 saturated carbocycles. The molecule has 1 amide bonds. The van der Waals surface area contributed by atoms with Crippen LogP contribution in [0.2, 0.25) is 5.02 Å². The van der Waals surface area contributed by atoms with Gasteiger partial charge in [-0.25, -0.2) is 0 Å². The zero-order valence-electron chi connectivity index (χ0n) is 14.4. The third-order valence-electron chi connectivity index (χ3n) is 4.81. The maximum Gasteiger partial charge on any atom is 0.252 e. The largest absolute Gasteiger partial charge is 0.395 e. The molecule has 0 saturated heterocycles. The molecule has 4 N–H and O–H groups in total. The standard InChI is InChI=1S/C20H20ClN3O2/c1-11(10-25)22-8-12-2-5-17-13(6-12)7-18(24-17)14-3-4-16(21)15-9-23-20(26)19(14)15/h2-7,11,22,24-25H,8-10H2,1H3,(H,23,26). The Kier molecular flexibility index (Phi) is 4.44. The Balaban J connectivity index is 1.71. The van der Waals surface area contributed by atoms with Crippen molar-refractivity contribution in [3.8, 4) is 11.3 Å². The minimum atomic E-state index is -0.0842. The molecule has 3 aromatic rings. The first-order valence-electron chi connectivity index (χ1n) is 8.62. The number of fused-ring (bicyclic) bond motifs is 2. The maximum atomic E-state index is 12.2. The highest BCUT2D eigenvalue weighted by molar-refractivity contribution is 6.32. The lowest BCUT2D eigenvalue weighted by Gasteiger charge is -2.10. The van der Waals surface area contributed by atoms with Crippen molar-refractivity contribution in [1.82, 2.24) is 15.6 Å². The van der Waals surface area contributed by atoms with Crippen molar-refractivity contribution in [3.05, 3.63) is 58.1 Å². The number of hydrogen-bond acceptors (Lipinski definition) is 3. The number of nitrogens with one attached hydrogen (secondary N) is 3. The van der Waals surface area contributed by atoms with Crippen molar-refractivity contribution in [2.75, 3.05) is 6.61 Å². The minimum absolute atomic E-state index is 0.0580. The van der Waals surface area contributed by atoms with Crippen molar-refractivity contribution in [2.45, 2.75) is 26.1 Å². The van der Waals surface area contributed by atoms with Crippen LogP contribution >= 0.6 is 11.6 Å². The summed E-state index contributed by atoms with van der Waals surface area (Å²) in [6, 6.07) is 12.1. The zero-order chi connectivity index (χ0) is 18.3. The first-order valence-corrected chi connectivity index (χ1v) is 9.00. The van der Waals surface area contributed by atoms with Gasteiger partial charge in [0, 0.05) is 51.9 Å². The Morgan fingerprint density at radius 3 is 2.92 bits per heavy atom. The fraction of sp³-hybridized carbons (Fsp3) is 0.250. The highest BCUT2D eigenvalue weighted by Gasteiger charge is 2.26. The highest BCUT2D eigenvalue weighted by atomic mass is 35.5. The monoisotopic (exact) mass is 369 g/mol. The van der Waals surface area contributed by atoms with Crippen LogP contribution in [0.3, 0.4) is 0 Å². The van der Waals surface area contributed by atoms with Crippen LogP contribution in [-0.4, -0.2) is 28.6 Å². The van der Waals surface area contributed by atoms with E-state index in [4.69, 9.17) is 16.7 Å². The fourth-order valence-corrected chi connectivity index (χ4v) is 3.55. The van der Waals surface area contributed by atoms with Crippen LogP contribution in [0.5, 0.6) is 0 Å². The Labute approximate surface area is 156 Å². The van der Waals surface area contributed by atoms with Gasteiger partial charge in [0.05, 0.1) is 12.2 Å². The van der Waals surface area contributed by atoms with Gasteiger partial charge in [-0.3, -0.25) is 4.79 Å². The molecule has 1 unspecified atom stereocenters. The predicted octanol–water partition coefficient (Wildman–Crippen LogP) is 3.20. The van der Waals surface area contributed by atoms with Gasteiger partial charge in [0.2, 0.25) is 0 Å². The summed E-state index contributed by atoms with van der Waals surface area (Å²) < 4.78 is 0. The SMILES string of the molecule is CC(CO)NCc1ccc2[nH]c(-c3ccc(Cl)c4c3C(=O)NC4)cc2c1. The van der Waals surface area contributed by atoms with E-state index in [2.05, 4.69) is 33.8 Å². The van der Waals surface area contributed by atoms with Crippen LogP contribution in [0.1, 0.15) is 28.4 Å². The van der Waals surface area contributed by atoms with E-state index in [-0.39, 0.29) is 18.6 Å². The van der Waals surface area contributed by atoms with E-state index in [0.29, 0.717) is 23.7 Å². The number of halogens is 1. The second kappa shape index (κ2) is 6.76. The molecular weight excluding hydrogens is 350 g/mol. The molecule has 2 heterocycles. The van der Waals surface area contributed by atoms with Crippen LogP contribution < -0.4 is 10.6 Å². The number of aliphatic hydroxyl groups is 1. The number of H-pyrrole nitrogens is 1. The quantitative estimate of drug-likeness (QED) is 0.557. The van der Waals surface area contributed by atoms with Crippen LogP contribution in [-0.2, 0) is 13.1 Å². The summed E-state index contributed by atoms with van der Waals surface area (Å²) in [6.45, 7) is 3.22. The predicted molar refractivity (Wildman–Crippen MR) is 103 cm³/mol. The van der Waals surface area contributed by atoms with Crippen molar-refractivity contribution >= 4 is 28.4 Å². The molecular formula is C20H20ClN3O2. The fourth-order valence-electron chi connectivity index (χ4n) is 3.33. The van der Waals surface area contributed by atoms with Crippen LogP contribution in [0.4, 0.5) is 0 Å². The number of rotatable bonds is 5. The second-order valence-corrected chi connectivity index (χ2v) is 7.11. The van der Waals surface area contributed by atoms with Gasteiger partial charge >= 0.3 is 0 Å². The number of benzene rings is 2. The first kappa shape index (κ1) is 17.1. The van der Waals surface area contributed by atoms with E-state index >= 15 is 0 Å². The van der Waals surface area contributed by atoms with E-state index < -0.39 is 0 Å². The molecule has 0 fully saturated rings. The molecule has 0 bridgehead atoms. The van der Waals surface area contributed by atoms with Crippen LogP contribution in [0.15, 0.2) is 36.4 Å². The first-order chi connectivity index (χ1) is 12.6. The summed E-state index contributed by atoms with van der Waals surface area (Å²) in [6.07, 6.45) is 0. The third kappa shape index (κ3) is 2.98. The lowest BCUT2D eigenvalue weighted by molar-refractivity contribution is 0.0966. The highest BCUT2D eigenvalue weighted by Crippen LogP contribution is 2.34. The lowest BCUT2D eigenvalue weighted by Crippen LogP contribution is -2.28. The molecule has 2 aromatic carbocycles. The normalized spacial score (nSPS) is 14.5. The Morgan fingerprint density at radius 2 is 2.12 bits per heavy atom. The Hall–Kier alpha value is -2.34. The molecule has 0 aliphatic carbocycles. The van der Waals surface area contributed by atoms with E-state index in [1.54, 1.807) is 0 Å².